The van der Waals surface area contributed by atoms with E-state index < -0.39 is 0 Å². The van der Waals surface area contributed by atoms with E-state index >= 15 is 0 Å². The number of nitrogens with two attached hydrogens (primary N) is 1. The Hall–Kier alpha value is -0.830. The molecule has 1 fully saturated rings. The molecule has 1 aliphatic carbocycles. The van der Waals surface area contributed by atoms with Gasteiger partial charge in [0.15, 0.2) is 0 Å². The Morgan fingerprint density at radius 2 is 2.38 bits per heavy atom. The monoisotopic (exact) mass is 221 g/mol. The molecule has 2 N–H and O–H groups in total. The standard InChI is InChI=1S/C13H23N3/c1-4-11-7-12(16(3)15-11)9-13(14)6-5-10(2)8-13/h7,10H,4-6,8-9,14H2,1-3H3. The number of aromatic nitrogens is 2. The van der Waals surface area contributed by atoms with Crippen LogP contribution in [0.4, 0.5) is 0 Å². The van der Waals surface area contributed by atoms with Crippen molar-refractivity contribution >= 4 is 0 Å². The van der Waals surface area contributed by atoms with E-state index in [9.17, 15) is 0 Å². The SMILES string of the molecule is CCc1cc(CC2(N)CCC(C)C2)n(C)n1. The summed E-state index contributed by atoms with van der Waals surface area (Å²) in [6.45, 7) is 4.44. The first kappa shape index (κ1) is 11.6. The van der Waals surface area contributed by atoms with Gasteiger partial charge in [-0.25, -0.2) is 0 Å². The molecule has 0 spiro atoms. The third-order valence-electron chi connectivity index (χ3n) is 3.81. The highest BCUT2D eigenvalue weighted by Crippen LogP contribution is 2.34. The zero-order chi connectivity index (χ0) is 11.8. The van der Waals surface area contributed by atoms with Gasteiger partial charge < -0.3 is 5.73 Å². The molecule has 2 rings (SSSR count). The lowest BCUT2D eigenvalue weighted by Crippen LogP contribution is -2.39. The zero-order valence-corrected chi connectivity index (χ0v) is 10.7. The lowest BCUT2D eigenvalue weighted by Gasteiger charge is -2.23. The van der Waals surface area contributed by atoms with E-state index in [-0.39, 0.29) is 5.54 Å². The molecule has 3 heteroatoms. The summed E-state index contributed by atoms with van der Waals surface area (Å²) in [6, 6.07) is 2.21. The average Bonchev–Trinajstić information content (AvgIpc) is 2.72. The maximum atomic E-state index is 6.46. The second-order valence-electron chi connectivity index (χ2n) is 5.49. The molecule has 16 heavy (non-hydrogen) atoms. The van der Waals surface area contributed by atoms with Gasteiger partial charge in [-0.15, -0.1) is 0 Å². The topological polar surface area (TPSA) is 43.8 Å². The van der Waals surface area contributed by atoms with Gasteiger partial charge in [0.1, 0.15) is 0 Å². The summed E-state index contributed by atoms with van der Waals surface area (Å²) in [5.74, 6) is 0.781. The van der Waals surface area contributed by atoms with Gasteiger partial charge >= 0.3 is 0 Å². The molecular weight excluding hydrogens is 198 g/mol. The third kappa shape index (κ3) is 2.29. The first-order chi connectivity index (χ1) is 7.52. The quantitative estimate of drug-likeness (QED) is 0.849. The molecule has 2 unspecified atom stereocenters. The van der Waals surface area contributed by atoms with Crippen molar-refractivity contribution in [2.45, 2.75) is 51.5 Å². The molecule has 0 radical (unpaired) electrons. The van der Waals surface area contributed by atoms with Crippen LogP contribution < -0.4 is 5.73 Å². The van der Waals surface area contributed by atoms with Crippen LogP contribution in [0.3, 0.4) is 0 Å². The first-order valence-electron chi connectivity index (χ1n) is 6.33. The molecule has 0 aliphatic heterocycles. The Morgan fingerprint density at radius 1 is 1.62 bits per heavy atom. The minimum absolute atomic E-state index is 0.0121. The fraction of sp³-hybridized carbons (Fsp3) is 0.769. The molecule has 0 saturated heterocycles. The molecule has 1 heterocycles. The molecule has 0 bridgehead atoms. The van der Waals surface area contributed by atoms with Crippen molar-refractivity contribution in [1.29, 1.82) is 0 Å². The number of hydrogen-bond donors (Lipinski definition) is 1. The van der Waals surface area contributed by atoms with Crippen LogP contribution in [0.1, 0.15) is 44.5 Å². The molecule has 0 amide bonds. The highest BCUT2D eigenvalue weighted by molar-refractivity contribution is 5.14. The van der Waals surface area contributed by atoms with Crippen molar-refractivity contribution < 1.29 is 0 Å². The molecule has 1 saturated carbocycles. The van der Waals surface area contributed by atoms with Crippen LogP contribution in [0, 0.1) is 5.92 Å². The summed E-state index contributed by atoms with van der Waals surface area (Å²) in [6.07, 6.45) is 5.55. The zero-order valence-electron chi connectivity index (χ0n) is 10.7. The van der Waals surface area contributed by atoms with Crippen LogP contribution in [0.2, 0.25) is 0 Å². The van der Waals surface area contributed by atoms with Crippen LogP contribution >= 0.6 is 0 Å². The van der Waals surface area contributed by atoms with Crippen molar-refractivity contribution in [2.75, 3.05) is 0 Å². The van der Waals surface area contributed by atoms with E-state index in [1.165, 1.54) is 17.8 Å². The average molecular weight is 221 g/mol. The number of rotatable bonds is 3. The van der Waals surface area contributed by atoms with Gasteiger partial charge in [0.25, 0.3) is 0 Å². The van der Waals surface area contributed by atoms with Gasteiger partial charge in [-0.1, -0.05) is 13.8 Å². The molecule has 1 aromatic heterocycles. The van der Waals surface area contributed by atoms with E-state index in [1.807, 2.05) is 11.7 Å². The van der Waals surface area contributed by atoms with Gasteiger partial charge in [0.05, 0.1) is 5.69 Å². The van der Waals surface area contributed by atoms with Gasteiger partial charge in [0, 0.05) is 24.7 Å². The second kappa shape index (κ2) is 4.21. The maximum Gasteiger partial charge on any atom is 0.0624 e. The van der Waals surface area contributed by atoms with Crippen molar-refractivity contribution in [3.05, 3.63) is 17.5 Å². The fourth-order valence-electron chi connectivity index (χ4n) is 2.86. The lowest BCUT2D eigenvalue weighted by atomic mass is 9.91. The van der Waals surface area contributed by atoms with Crippen LogP contribution in [-0.2, 0) is 19.9 Å². The fourth-order valence-corrected chi connectivity index (χ4v) is 2.86. The minimum Gasteiger partial charge on any atom is -0.325 e. The molecule has 90 valence electrons. The molecule has 2 atom stereocenters. The summed E-state index contributed by atoms with van der Waals surface area (Å²) in [7, 11) is 2.02. The molecule has 1 aromatic rings. The van der Waals surface area contributed by atoms with Crippen molar-refractivity contribution in [3.8, 4) is 0 Å². The van der Waals surface area contributed by atoms with Crippen LogP contribution in [-0.4, -0.2) is 15.3 Å². The minimum atomic E-state index is 0.0121. The van der Waals surface area contributed by atoms with Crippen LogP contribution in [0.25, 0.3) is 0 Å². The van der Waals surface area contributed by atoms with Gasteiger partial charge in [-0.2, -0.15) is 5.10 Å². The summed E-state index contributed by atoms with van der Waals surface area (Å²) in [5.41, 5.74) is 8.93. The second-order valence-corrected chi connectivity index (χ2v) is 5.49. The smallest absolute Gasteiger partial charge is 0.0624 e. The predicted octanol–water partition coefficient (Wildman–Crippen LogP) is 2.04. The number of aryl methyl sites for hydroxylation is 2. The Morgan fingerprint density at radius 3 is 2.88 bits per heavy atom. The normalized spacial score (nSPS) is 29.9. The molecule has 3 nitrogen and oxygen atoms in total. The van der Waals surface area contributed by atoms with Crippen molar-refractivity contribution in [2.24, 2.45) is 18.7 Å². The van der Waals surface area contributed by atoms with Gasteiger partial charge in [0.2, 0.25) is 0 Å². The Kier molecular flexibility index (Phi) is 3.06. The van der Waals surface area contributed by atoms with Crippen LogP contribution in [0.15, 0.2) is 6.07 Å². The maximum absolute atomic E-state index is 6.46. The predicted molar refractivity (Wildman–Crippen MR) is 66.2 cm³/mol. The lowest BCUT2D eigenvalue weighted by molar-refractivity contribution is 0.408. The highest BCUT2D eigenvalue weighted by atomic mass is 15.3. The number of hydrogen-bond acceptors (Lipinski definition) is 2. The largest absolute Gasteiger partial charge is 0.325 e. The van der Waals surface area contributed by atoms with E-state index in [4.69, 9.17) is 5.73 Å². The van der Waals surface area contributed by atoms with Crippen molar-refractivity contribution in [3.63, 3.8) is 0 Å². The summed E-state index contributed by atoms with van der Waals surface area (Å²) in [5, 5.41) is 4.48. The van der Waals surface area contributed by atoms with Crippen LogP contribution in [0.5, 0.6) is 0 Å². The highest BCUT2D eigenvalue weighted by Gasteiger charge is 2.34. The van der Waals surface area contributed by atoms with Crippen molar-refractivity contribution in [1.82, 2.24) is 9.78 Å². The summed E-state index contributed by atoms with van der Waals surface area (Å²) < 4.78 is 2.00. The van der Waals surface area contributed by atoms with E-state index in [0.29, 0.717) is 0 Å². The number of nitrogens with zero attached hydrogens (tertiary/aromatic N) is 2. The Balaban J connectivity index is 2.11. The molecular formula is C13H23N3. The Labute approximate surface area is 98.0 Å². The van der Waals surface area contributed by atoms with Gasteiger partial charge in [-0.3, -0.25) is 4.68 Å². The van der Waals surface area contributed by atoms with Gasteiger partial charge in [-0.05, 0) is 37.7 Å². The Bertz CT molecular complexity index is 369. The summed E-state index contributed by atoms with van der Waals surface area (Å²) >= 11 is 0. The van der Waals surface area contributed by atoms with E-state index in [0.717, 1.165) is 31.6 Å². The third-order valence-corrected chi connectivity index (χ3v) is 3.81. The van der Waals surface area contributed by atoms with E-state index in [1.54, 1.807) is 0 Å². The molecule has 0 aromatic carbocycles. The first-order valence-corrected chi connectivity index (χ1v) is 6.33. The molecule has 1 aliphatic rings. The summed E-state index contributed by atoms with van der Waals surface area (Å²) in [4.78, 5) is 0. The van der Waals surface area contributed by atoms with E-state index in [2.05, 4.69) is 25.0 Å².